The predicted molar refractivity (Wildman–Crippen MR) is 120 cm³/mol. The van der Waals surface area contributed by atoms with Gasteiger partial charge in [0.2, 0.25) is 0 Å². The van der Waals surface area contributed by atoms with Crippen molar-refractivity contribution in [3.63, 3.8) is 0 Å². The van der Waals surface area contributed by atoms with Gasteiger partial charge in [-0.3, -0.25) is 4.79 Å². The number of likely N-dealkylation sites (tertiary alicyclic amines) is 1. The molecular formula is C24H26N4O4. The number of piperidine rings is 1. The lowest BCUT2D eigenvalue weighted by Gasteiger charge is -2.34. The summed E-state index contributed by atoms with van der Waals surface area (Å²) < 4.78 is 5.92. The van der Waals surface area contributed by atoms with Gasteiger partial charge < -0.3 is 24.6 Å². The largest absolute Gasteiger partial charge is 0.491 e. The number of rotatable bonds is 2. The molecule has 0 radical (unpaired) electrons. The number of urea groups is 1. The number of aryl methyl sites for hydroxylation is 1. The molecule has 0 saturated carbocycles. The molecule has 0 spiro atoms. The Balaban J connectivity index is 1.39. The average Bonchev–Trinajstić information content (AvgIpc) is 3.04. The van der Waals surface area contributed by atoms with Gasteiger partial charge in [0.15, 0.2) is 0 Å². The molecule has 1 fully saturated rings. The molecule has 2 N–H and O–H groups in total. The van der Waals surface area contributed by atoms with Gasteiger partial charge in [-0.1, -0.05) is 12.1 Å². The van der Waals surface area contributed by atoms with E-state index < -0.39 is 11.9 Å². The van der Waals surface area contributed by atoms with E-state index in [-0.39, 0.29) is 12.6 Å². The van der Waals surface area contributed by atoms with E-state index in [1.807, 2.05) is 31.2 Å². The number of imidazole rings is 1. The highest BCUT2D eigenvalue weighted by Gasteiger charge is 2.31. The standard InChI is InChI=1S/C24H26N4O4/c1-15-25-20-6-4-17(12-21(20)26-15)16-5-7-22-19(11-16)14-28(9-10-32-22)24(31)27-8-2-3-18(13-27)23(29)30/h4-7,11-12,18H,2-3,8-10,13-14H2,1H3,(H,25,26)(H,29,30)/t18-/m0/s1. The number of carboxylic acid groups (broad SMARTS) is 1. The molecular weight excluding hydrogens is 408 g/mol. The zero-order valence-electron chi connectivity index (χ0n) is 18.0. The number of aromatic amines is 1. The van der Waals surface area contributed by atoms with Crippen molar-refractivity contribution < 1.29 is 19.4 Å². The summed E-state index contributed by atoms with van der Waals surface area (Å²) in [6.07, 6.45) is 1.33. The second-order valence-electron chi connectivity index (χ2n) is 8.55. The van der Waals surface area contributed by atoms with Gasteiger partial charge in [0.25, 0.3) is 0 Å². The van der Waals surface area contributed by atoms with E-state index in [0.29, 0.717) is 39.1 Å². The molecule has 1 aromatic heterocycles. The zero-order valence-corrected chi connectivity index (χ0v) is 18.0. The van der Waals surface area contributed by atoms with Gasteiger partial charge in [-0.25, -0.2) is 9.78 Å². The van der Waals surface area contributed by atoms with Gasteiger partial charge in [0.1, 0.15) is 18.2 Å². The number of aliphatic carboxylic acids is 1. The minimum atomic E-state index is -0.832. The van der Waals surface area contributed by atoms with Crippen LogP contribution in [0.1, 0.15) is 24.2 Å². The first-order valence-corrected chi connectivity index (χ1v) is 11.0. The highest BCUT2D eigenvalue weighted by atomic mass is 16.5. The Morgan fingerprint density at radius 1 is 1.12 bits per heavy atom. The summed E-state index contributed by atoms with van der Waals surface area (Å²) in [6.45, 7) is 4.11. The van der Waals surface area contributed by atoms with Crippen LogP contribution in [0.3, 0.4) is 0 Å². The summed E-state index contributed by atoms with van der Waals surface area (Å²) in [5.74, 6) is 0.339. The van der Waals surface area contributed by atoms with Crippen molar-refractivity contribution in [1.82, 2.24) is 19.8 Å². The van der Waals surface area contributed by atoms with Crippen LogP contribution in [-0.4, -0.2) is 63.1 Å². The van der Waals surface area contributed by atoms with Crippen molar-refractivity contribution in [2.75, 3.05) is 26.2 Å². The van der Waals surface area contributed by atoms with Gasteiger partial charge >= 0.3 is 12.0 Å². The molecule has 2 aliphatic heterocycles. The quantitative estimate of drug-likeness (QED) is 0.642. The Morgan fingerprint density at radius 3 is 2.78 bits per heavy atom. The number of nitrogens with zero attached hydrogens (tertiary/aromatic N) is 3. The van der Waals surface area contributed by atoms with E-state index in [9.17, 15) is 14.7 Å². The second kappa shape index (κ2) is 8.18. The van der Waals surface area contributed by atoms with Crippen molar-refractivity contribution in [3.8, 4) is 16.9 Å². The first-order chi connectivity index (χ1) is 15.5. The van der Waals surface area contributed by atoms with E-state index >= 15 is 0 Å². The molecule has 1 saturated heterocycles. The maximum Gasteiger partial charge on any atom is 0.320 e. The van der Waals surface area contributed by atoms with Gasteiger partial charge in [0, 0.05) is 18.7 Å². The van der Waals surface area contributed by atoms with E-state index in [4.69, 9.17) is 4.74 Å². The second-order valence-corrected chi connectivity index (χ2v) is 8.55. The molecule has 32 heavy (non-hydrogen) atoms. The Kier molecular flexibility index (Phi) is 5.20. The topological polar surface area (TPSA) is 98.8 Å². The fraction of sp³-hybridized carbons (Fsp3) is 0.375. The first-order valence-electron chi connectivity index (χ1n) is 11.0. The Bertz CT molecular complexity index is 1190. The van der Waals surface area contributed by atoms with E-state index in [1.165, 1.54) is 0 Å². The first kappa shape index (κ1) is 20.4. The maximum atomic E-state index is 13.2. The Morgan fingerprint density at radius 2 is 1.94 bits per heavy atom. The van der Waals surface area contributed by atoms with Crippen LogP contribution in [0.25, 0.3) is 22.2 Å². The number of fused-ring (bicyclic) bond motifs is 2. The molecule has 3 aromatic rings. The van der Waals surface area contributed by atoms with Crippen LogP contribution in [0.2, 0.25) is 0 Å². The zero-order chi connectivity index (χ0) is 22.2. The number of nitrogens with one attached hydrogen (secondary N) is 1. The molecule has 0 unspecified atom stereocenters. The van der Waals surface area contributed by atoms with Crippen LogP contribution in [0, 0.1) is 12.8 Å². The number of amides is 2. The maximum absolute atomic E-state index is 13.2. The minimum Gasteiger partial charge on any atom is -0.491 e. The summed E-state index contributed by atoms with van der Waals surface area (Å²) >= 11 is 0. The number of hydrogen-bond donors (Lipinski definition) is 2. The van der Waals surface area contributed by atoms with E-state index in [2.05, 4.69) is 22.1 Å². The van der Waals surface area contributed by atoms with Crippen LogP contribution in [0.15, 0.2) is 36.4 Å². The van der Waals surface area contributed by atoms with Crippen LogP contribution in [0.5, 0.6) is 5.75 Å². The fourth-order valence-electron chi connectivity index (χ4n) is 4.61. The molecule has 3 heterocycles. The van der Waals surface area contributed by atoms with Gasteiger partial charge in [-0.05, 0) is 55.2 Å². The predicted octanol–water partition coefficient (Wildman–Crippen LogP) is 3.65. The summed E-state index contributed by atoms with van der Waals surface area (Å²) in [6, 6.07) is 12.1. The number of ether oxygens (including phenoxy) is 1. The highest BCUT2D eigenvalue weighted by Crippen LogP contribution is 2.31. The lowest BCUT2D eigenvalue weighted by atomic mass is 9.98. The summed E-state index contributed by atoms with van der Waals surface area (Å²) in [5.41, 5.74) is 4.97. The van der Waals surface area contributed by atoms with Crippen LogP contribution in [-0.2, 0) is 11.3 Å². The number of carbonyl (C=O) groups excluding carboxylic acids is 1. The number of H-pyrrole nitrogens is 1. The van der Waals surface area contributed by atoms with Gasteiger partial charge in [-0.2, -0.15) is 0 Å². The van der Waals surface area contributed by atoms with Crippen molar-refractivity contribution in [3.05, 3.63) is 47.8 Å². The number of carboxylic acids is 1. The van der Waals surface area contributed by atoms with Crippen LogP contribution < -0.4 is 4.74 Å². The molecule has 2 aromatic carbocycles. The Labute approximate surface area is 185 Å². The van der Waals surface area contributed by atoms with Gasteiger partial charge in [0.05, 0.1) is 30.0 Å². The summed E-state index contributed by atoms with van der Waals surface area (Å²) in [7, 11) is 0. The number of carbonyl (C=O) groups is 2. The van der Waals surface area contributed by atoms with Crippen LogP contribution >= 0.6 is 0 Å². The molecule has 1 atom stereocenters. The SMILES string of the molecule is Cc1nc2ccc(-c3ccc4c(c3)CN(C(=O)N3CCC[C@H](C(=O)O)C3)CCO4)cc2[nH]1. The molecule has 8 nitrogen and oxygen atoms in total. The van der Waals surface area contributed by atoms with Crippen LogP contribution in [0.4, 0.5) is 4.79 Å². The minimum absolute atomic E-state index is 0.118. The number of hydrogen-bond acceptors (Lipinski definition) is 4. The normalized spacial score (nSPS) is 18.7. The molecule has 2 amide bonds. The van der Waals surface area contributed by atoms with Crippen molar-refractivity contribution in [1.29, 1.82) is 0 Å². The lowest BCUT2D eigenvalue weighted by molar-refractivity contribution is -0.143. The summed E-state index contributed by atoms with van der Waals surface area (Å²) in [4.78, 5) is 35.7. The molecule has 2 aliphatic rings. The third-order valence-corrected chi connectivity index (χ3v) is 6.29. The lowest BCUT2D eigenvalue weighted by Crippen LogP contribution is -2.49. The molecule has 8 heteroatoms. The number of benzene rings is 2. The number of aromatic nitrogens is 2. The fourth-order valence-corrected chi connectivity index (χ4v) is 4.61. The van der Waals surface area contributed by atoms with Crippen molar-refractivity contribution >= 4 is 23.0 Å². The van der Waals surface area contributed by atoms with Crippen molar-refractivity contribution in [2.24, 2.45) is 5.92 Å². The third kappa shape index (κ3) is 3.88. The summed E-state index contributed by atoms with van der Waals surface area (Å²) in [5, 5.41) is 9.35. The highest BCUT2D eigenvalue weighted by molar-refractivity contribution is 5.82. The monoisotopic (exact) mass is 434 g/mol. The molecule has 166 valence electrons. The Hall–Kier alpha value is -3.55. The van der Waals surface area contributed by atoms with Crippen molar-refractivity contribution in [2.45, 2.75) is 26.3 Å². The smallest absolute Gasteiger partial charge is 0.320 e. The molecule has 0 bridgehead atoms. The van der Waals surface area contributed by atoms with E-state index in [0.717, 1.165) is 39.3 Å². The van der Waals surface area contributed by atoms with E-state index in [1.54, 1.807) is 9.80 Å². The average molecular weight is 434 g/mol. The van der Waals surface area contributed by atoms with Gasteiger partial charge in [-0.15, -0.1) is 0 Å². The molecule has 0 aliphatic carbocycles. The third-order valence-electron chi connectivity index (χ3n) is 6.29. The molecule has 5 rings (SSSR count).